The van der Waals surface area contributed by atoms with Gasteiger partial charge in [0.25, 0.3) is 0 Å². The van der Waals surface area contributed by atoms with Gasteiger partial charge >= 0.3 is 0 Å². The molecule has 1 atom stereocenters. The first kappa shape index (κ1) is 10.9. The van der Waals surface area contributed by atoms with E-state index in [2.05, 4.69) is 21.4 Å². The molecule has 15 heavy (non-hydrogen) atoms. The normalized spacial score (nSPS) is 17.5. The van der Waals surface area contributed by atoms with Gasteiger partial charge in [-0.3, -0.25) is 11.3 Å². The maximum absolute atomic E-state index is 5.59. The van der Waals surface area contributed by atoms with Crippen molar-refractivity contribution in [2.75, 3.05) is 7.11 Å². The third-order valence-corrected chi connectivity index (χ3v) is 3.53. The summed E-state index contributed by atoms with van der Waals surface area (Å²) in [6.45, 7) is 0. The molecule has 1 aromatic carbocycles. The van der Waals surface area contributed by atoms with E-state index >= 15 is 0 Å². The number of hydrogen-bond acceptors (Lipinski definition) is 3. The number of halogens is 1. The number of hydrazine groups is 1. The average Bonchev–Trinajstić information content (AvgIpc) is 3.06. The van der Waals surface area contributed by atoms with E-state index in [0.29, 0.717) is 5.92 Å². The van der Waals surface area contributed by atoms with Crippen molar-refractivity contribution in [3.63, 3.8) is 0 Å². The summed E-state index contributed by atoms with van der Waals surface area (Å²) in [6.07, 6.45) is 2.50. The van der Waals surface area contributed by atoms with Crippen molar-refractivity contribution in [2.45, 2.75) is 18.9 Å². The van der Waals surface area contributed by atoms with Crippen molar-refractivity contribution < 1.29 is 4.74 Å². The Morgan fingerprint density at radius 1 is 1.53 bits per heavy atom. The fourth-order valence-corrected chi connectivity index (χ4v) is 2.29. The Balaban J connectivity index is 2.31. The van der Waals surface area contributed by atoms with E-state index in [4.69, 9.17) is 10.6 Å². The minimum absolute atomic E-state index is 0.231. The molecule has 1 aliphatic rings. The van der Waals surface area contributed by atoms with Crippen LogP contribution >= 0.6 is 15.9 Å². The lowest BCUT2D eigenvalue weighted by Crippen LogP contribution is -2.29. The fourth-order valence-electron chi connectivity index (χ4n) is 1.80. The van der Waals surface area contributed by atoms with Crippen molar-refractivity contribution in [2.24, 2.45) is 11.8 Å². The highest BCUT2D eigenvalue weighted by Crippen LogP contribution is 2.43. The monoisotopic (exact) mass is 270 g/mol. The summed E-state index contributed by atoms with van der Waals surface area (Å²) in [7, 11) is 1.68. The number of benzene rings is 1. The SMILES string of the molecule is COc1ccc(Br)c(C(NN)C2CC2)c1. The number of methoxy groups -OCH3 is 1. The molecule has 4 heteroatoms. The van der Waals surface area contributed by atoms with E-state index in [0.717, 1.165) is 10.2 Å². The Morgan fingerprint density at radius 2 is 2.27 bits per heavy atom. The van der Waals surface area contributed by atoms with Crippen LogP contribution in [-0.2, 0) is 0 Å². The van der Waals surface area contributed by atoms with Gasteiger partial charge in [-0.1, -0.05) is 15.9 Å². The number of nitrogens with one attached hydrogen (secondary N) is 1. The lowest BCUT2D eigenvalue weighted by molar-refractivity contribution is 0.411. The second-order valence-electron chi connectivity index (χ2n) is 3.87. The molecule has 1 saturated carbocycles. The standard InChI is InChI=1S/C11H15BrN2O/c1-15-8-4-5-10(12)9(6-8)11(14-13)7-2-3-7/h4-7,11,14H,2-3,13H2,1H3. The molecule has 1 unspecified atom stereocenters. The number of nitrogens with two attached hydrogens (primary N) is 1. The Bertz CT molecular complexity index is 352. The Hall–Kier alpha value is -0.580. The number of ether oxygens (including phenoxy) is 1. The Morgan fingerprint density at radius 3 is 2.80 bits per heavy atom. The molecule has 0 heterocycles. The molecule has 0 bridgehead atoms. The molecule has 0 aliphatic heterocycles. The minimum atomic E-state index is 0.231. The molecule has 0 aromatic heterocycles. The first-order valence-electron chi connectivity index (χ1n) is 5.06. The van der Waals surface area contributed by atoms with E-state index < -0.39 is 0 Å². The summed E-state index contributed by atoms with van der Waals surface area (Å²) >= 11 is 3.55. The van der Waals surface area contributed by atoms with Crippen LogP contribution in [0, 0.1) is 5.92 Å². The molecule has 1 fully saturated rings. The molecule has 2 rings (SSSR count). The summed E-state index contributed by atoms with van der Waals surface area (Å²) in [5.41, 5.74) is 4.07. The molecule has 82 valence electrons. The van der Waals surface area contributed by atoms with Gasteiger partial charge in [-0.2, -0.15) is 0 Å². The zero-order valence-electron chi connectivity index (χ0n) is 8.66. The molecule has 3 N–H and O–H groups in total. The predicted molar refractivity (Wildman–Crippen MR) is 63.5 cm³/mol. The van der Waals surface area contributed by atoms with Crippen molar-refractivity contribution in [3.05, 3.63) is 28.2 Å². The van der Waals surface area contributed by atoms with Gasteiger partial charge in [0.2, 0.25) is 0 Å². The van der Waals surface area contributed by atoms with E-state index in [-0.39, 0.29) is 6.04 Å². The Kier molecular flexibility index (Phi) is 3.29. The van der Waals surface area contributed by atoms with Gasteiger partial charge < -0.3 is 4.74 Å². The summed E-state index contributed by atoms with van der Waals surface area (Å²) in [5, 5.41) is 0. The van der Waals surface area contributed by atoms with Crippen molar-refractivity contribution >= 4 is 15.9 Å². The van der Waals surface area contributed by atoms with Gasteiger partial charge in [-0.05, 0) is 42.5 Å². The second kappa shape index (κ2) is 4.51. The molecule has 0 amide bonds. The quantitative estimate of drug-likeness (QED) is 0.653. The average molecular weight is 271 g/mol. The highest BCUT2D eigenvalue weighted by Gasteiger charge is 2.32. The maximum atomic E-state index is 5.59. The van der Waals surface area contributed by atoms with Crippen LogP contribution in [0.15, 0.2) is 22.7 Å². The van der Waals surface area contributed by atoms with Crippen LogP contribution in [0.5, 0.6) is 5.75 Å². The molecular formula is C11H15BrN2O. The number of hydrogen-bond donors (Lipinski definition) is 2. The van der Waals surface area contributed by atoms with Gasteiger partial charge in [-0.15, -0.1) is 0 Å². The van der Waals surface area contributed by atoms with Crippen LogP contribution in [0.3, 0.4) is 0 Å². The highest BCUT2D eigenvalue weighted by atomic mass is 79.9. The van der Waals surface area contributed by atoms with Gasteiger partial charge in [0.1, 0.15) is 5.75 Å². The van der Waals surface area contributed by atoms with Gasteiger partial charge in [-0.25, -0.2) is 0 Å². The van der Waals surface area contributed by atoms with Crippen LogP contribution in [0.1, 0.15) is 24.4 Å². The van der Waals surface area contributed by atoms with Gasteiger partial charge in [0.15, 0.2) is 0 Å². The third-order valence-electron chi connectivity index (χ3n) is 2.81. The van der Waals surface area contributed by atoms with E-state index in [1.165, 1.54) is 18.4 Å². The third kappa shape index (κ3) is 2.33. The first-order chi connectivity index (χ1) is 7.26. The van der Waals surface area contributed by atoms with Gasteiger partial charge in [0, 0.05) is 4.47 Å². The van der Waals surface area contributed by atoms with Crippen LogP contribution in [-0.4, -0.2) is 7.11 Å². The molecule has 0 saturated heterocycles. The molecule has 1 aliphatic carbocycles. The summed E-state index contributed by atoms with van der Waals surface area (Å²) < 4.78 is 6.30. The predicted octanol–water partition coefficient (Wildman–Crippen LogP) is 2.37. The summed E-state index contributed by atoms with van der Waals surface area (Å²) in [6, 6.07) is 6.21. The highest BCUT2D eigenvalue weighted by molar-refractivity contribution is 9.10. The van der Waals surface area contributed by atoms with Crippen molar-refractivity contribution in [1.82, 2.24) is 5.43 Å². The number of rotatable bonds is 4. The maximum Gasteiger partial charge on any atom is 0.119 e. The van der Waals surface area contributed by atoms with Crippen LogP contribution in [0.25, 0.3) is 0 Å². The largest absolute Gasteiger partial charge is 0.497 e. The van der Waals surface area contributed by atoms with Crippen LogP contribution in [0.4, 0.5) is 0 Å². The zero-order chi connectivity index (χ0) is 10.8. The molecular weight excluding hydrogens is 256 g/mol. The van der Waals surface area contributed by atoms with Crippen molar-refractivity contribution in [1.29, 1.82) is 0 Å². The van der Waals surface area contributed by atoms with E-state index in [1.807, 2.05) is 18.2 Å². The van der Waals surface area contributed by atoms with Crippen molar-refractivity contribution in [3.8, 4) is 5.75 Å². The minimum Gasteiger partial charge on any atom is -0.497 e. The Labute approximate surface area is 98.1 Å². The van der Waals surface area contributed by atoms with E-state index in [1.54, 1.807) is 7.11 Å². The lowest BCUT2D eigenvalue weighted by atomic mass is 10.0. The zero-order valence-corrected chi connectivity index (χ0v) is 10.3. The molecule has 0 spiro atoms. The summed E-state index contributed by atoms with van der Waals surface area (Å²) in [4.78, 5) is 0. The first-order valence-corrected chi connectivity index (χ1v) is 5.85. The second-order valence-corrected chi connectivity index (χ2v) is 4.72. The van der Waals surface area contributed by atoms with Gasteiger partial charge in [0.05, 0.1) is 13.2 Å². The summed E-state index contributed by atoms with van der Waals surface area (Å²) in [5.74, 6) is 7.13. The van der Waals surface area contributed by atoms with Crippen LogP contribution < -0.4 is 16.0 Å². The molecule has 1 aromatic rings. The fraction of sp³-hybridized carbons (Fsp3) is 0.455. The smallest absolute Gasteiger partial charge is 0.119 e. The topological polar surface area (TPSA) is 47.3 Å². The van der Waals surface area contributed by atoms with Crippen LogP contribution in [0.2, 0.25) is 0 Å². The molecule has 0 radical (unpaired) electrons. The van der Waals surface area contributed by atoms with E-state index in [9.17, 15) is 0 Å². The lowest BCUT2D eigenvalue weighted by Gasteiger charge is -2.17. The molecule has 3 nitrogen and oxygen atoms in total.